The van der Waals surface area contributed by atoms with Crippen molar-refractivity contribution in [2.45, 2.75) is 45.8 Å². The summed E-state index contributed by atoms with van der Waals surface area (Å²) in [5.74, 6) is 4.32. The Balaban J connectivity index is 3.17. The second-order valence-corrected chi connectivity index (χ2v) is 4.52. The summed E-state index contributed by atoms with van der Waals surface area (Å²) >= 11 is 0. The molecule has 5 heteroatoms. The second kappa shape index (κ2) is 7.53. The van der Waals surface area contributed by atoms with E-state index in [0.717, 1.165) is 6.42 Å². The molecular weight excluding hydrogens is 250 g/mol. The Kier molecular flexibility index (Phi) is 6.34. The molecule has 0 aliphatic carbocycles. The quantitative estimate of drug-likeness (QED) is 0.592. The number of nitrogens with one attached hydrogen (secondary N) is 1. The highest BCUT2D eigenvalue weighted by molar-refractivity contribution is 5.30. The van der Waals surface area contributed by atoms with Gasteiger partial charge in [0.05, 0.1) is 12.1 Å². The fraction of sp³-hybridized carbons (Fsp3) is 0.571. The fourth-order valence-electron chi connectivity index (χ4n) is 2.18. The smallest absolute Gasteiger partial charge is 0.133 e. The molecule has 0 aromatic heterocycles. The zero-order valence-electron chi connectivity index (χ0n) is 11.7. The lowest BCUT2D eigenvalue weighted by Crippen LogP contribution is -2.39. The molecular formula is C14H22F2N2O. The van der Waals surface area contributed by atoms with Crippen LogP contribution in [0.3, 0.4) is 0 Å². The highest BCUT2D eigenvalue weighted by atomic mass is 19.1. The molecule has 2 atom stereocenters. The molecule has 3 N–H and O–H groups in total. The number of ether oxygens (including phenoxy) is 1. The second-order valence-electron chi connectivity index (χ2n) is 4.52. The van der Waals surface area contributed by atoms with Crippen LogP contribution in [0.2, 0.25) is 0 Å². The van der Waals surface area contributed by atoms with E-state index < -0.39 is 17.7 Å². The Bertz CT molecular complexity index is 407. The number of hydrogen-bond donors (Lipinski definition) is 2. The van der Waals surface area contributed by atoms with E-state index >= 15 is 0 Å². The molecule has 0 aliphatic heterocycles. The summed E-state index contributed by atoms with van der Waals surface area (Å²) in [7, 11) is 0. The molecule has 0 saturated heterocycles. The van der Waals surface area contributed by atoms with Gasteiger partial charge in [-0.3, -0.25) is 11.3 Å². The van der Waals surface area contributed by atoms with Crippen LogP contribution in [0.1, 0.15) is 43.9 Å². The van der Waals surface area contributed by atoms with Crippen LogP contribution in [0, 0.1) is 18.6 Å². The average molecular weight is 272 g/mol. The van der Waals surface area contributed by atoms with Crippen molar-refractivity contribution in [3.05, 3.63) is 34.9 Å². The minimum Gasteiger partial charge on any atom is -0.376 e. The van der Waals surface area contributed by atoms with E-state index in [1.165, 1.54) is 12.1 Å². The fourth-order valence-corrected chi connectivity index (χ4v) is 2.18. The molecule has 0 fully saturated rings. The SMILES string of the molecule is CCCC(OCC)C(NN)c1c(F)ccc(C)c1F. The summed E-state index contributed by atoms with van der Waals surface area (Å²) in [5, 5.41) is 0. The Morgan fingerprint density at radius 3 is 2.53 bits per heavy atom. The van der Waals surface area contributed by atoms with Crippen LogP contribution in [-0.4, -0.2) is 12.7 Å². The molecule has 3 nitrogen and oxygen atoms in total. The largest absolute Gasteiger partial charge is 0.376 e. The van der Waals surface area contributed by atoms with Gasteiger partial charge in [-0.05, 0) is 31.9 Å². The van der Waals surface area contributed by atoms with Crippen molar-refractivity contribution < 1.29 is 13.5 Å². The first kappa shape index (κ1) is 16.0. The molecule has 19 heavy (non-hydrogen) atoms. The van der Waals surface area contributed by atoms with Gasteiger partial charge < -0.3 is 4.74 Å². The third-order valence-electron chi connectivity index (χ3n) is 3.14. The third-order valence-corrected chi connectivity index (χ3v) is 3.14. The molecule has 0 heterocycles. The molecule has 1 aromatic rings. The molecule has 0 aliphatic rings. The summed E-state index contributed by atoms with van der Waals surface area (Å²) in [6.45, 7) is 5.90. The summed E-state index contributed by atoms with van der Waals surface area (Å²) in [5.41, 5.74) is 2.84. The zero-order valence-corrected chi connectivity index (χ0v) is 11.7. The van der Waals surface area contributed by atoms with E-state index in [1.54, 1.807) is 6.92 Å². The van der Waals surface area contributed by atoms with Crippen LogP contribution >= 0.6 is 0 Å². The lowest BCUT2D eigenvalue weighted by atomic mass is 9.96. The number of nitrogens with two attached hydrogens (primary N) is 1. The number of benzene rings is 1. The van der Waals surface area contributed by atoms with Crippen LogP contribution < -0.4 is 11.3 Å². The minimum absolute atomic E-state index is 0.0469. The molecule has 1 rings (SSSR count). The Morgan fingerprint density at radius 2 is 2.00 bits per heavy atom. The van der Waals surface area contributed by atoms with Crippen LogP contribution in [0.4, 0.5) is 8.78 Å². The molecule has 0 amide bonds. The van der Waals surface area contributed by atoms with Crippen molar-refractivity contribution in [1.29, 1.82) is 0 Å². The molecule has 1 aromatic carbocycles. The van der Waals surface area contributed by atoms with Crippen LogP contribution in [0.5, 0.6) is 0 Å². The lowest BCUT2D eigenvalue weighted by molar-refractivity contribution is 0.0257. The number of hydrogen-bond acceptors (Lipinski definition) is 3. The van der Waals surface area contributed by atoms with Crippen molar-refractivity contribution >= 4 is 0 Å². The van der Waals surface area contributed by atoms with Gasteiger partial charge in [0.25, 0.3) is 0 Å². The molecule has 0 bridgehead atoms. The van der Waals surface area contributed by atoms with Gasteiger partial charge in [0.15, 0.2) is 0 Å². The van der Waals surface area contributed by atoms with E-state index in [-0.39, 0.29) is 11.7 Å². The summed E-state index contributed by atoms with van der Waals surface area (Å²) in [6.07, 6.45) is 1.17. The van der Waals surface area contributed by atoms with Gasteiger partial charge in [0.2, 0.25) is 0 Å². The highest BCUT2D eigenvalue weighted by Gasteiger charge is 2.28. The highest BCUT2D eigenvalue weighted by Crippen LogP contribution is 2.28. The van der Waals surface area contributed by atoms with Gasteiger partial charge in [0.1, 0.15) is 11.6 Å². The van der Waals surface area contributed by atoms with E-state index in [0.29, 0.717) is 18.6 Å². The van der Waals surface area contributed by atoms with Crippen LogP contribution in [0.25, 0.3) is 0 Å². The monoisotopic (exact) mass is 272 g/mol. The van der Waals surface area contributed by atoms with E-state index in [9.17, 15) is 8.78 Å². The molecule has 0 spiro atoms. The number of hydrazine groups is 1. The molecule has 0 radical (unpaired) electrons. The number of rotatable bonds is 7. The topological polar surface area (TPSA) is 47.3 Å². The first-order chi connectivity index (χ1) is 9.06. The van der Waals surface area contributed by atoms with Crippen molar-refractivity contribution in [3.8, 4) is 0 Å². The van der Waals surface area contributed by atoms with Gasteiger partial charge in [-0.15, -0.1) is 0 Å². The van der Waals surface area contributed by atoms with Gasteiger partial charge in [-0.25, -0.2) is 8.78 Å². The van der Waals surface area contributed by atoms with Crippen molar-refractivity contribution in [3.63, 3.8) is 0 Å². The average Bonchev–Trinajstić information content (AvgIpc) is 2.39. The van der Waals surface area contributed by atoms with Crippen LogP contribution in [0.15, 0.2) is 12.1 Å². The first-order valence-electron chi connectivity index (χ1n) is 6.58. The van der Waals surface area contributed by atoms with E-state index in [4.69, 9.17) is 10.6 Å². The predicted molar refractivity (Wildman–Crippen MR) is 71.5 cm³/mol. The van der Waals surface area contributed by atoms with Gasteiger partial charge in [-0.2, -0.15) is 0 Å². The number of halogens is 2. The lowest BCUT2D eigenvalue weighted by Gasteiger charge is -2.27. The standard InChI is InChI=1S/C14H22F2N2O/c1-4-6-11(19-5-2)14(18-17)12-10(15)8-7-9(3)13(12)16/h7-8,11,14,18H,4-6,17H2,1-3H3. The normalized spacial score (nSPS) is 14.4. The predicted octanol–water partition coefficient (Wildman–Crippen LogP) is 2.98. The maximum atomic E-state index is 14.1. The molecule has 2 unspecified atom stereocenters. The maximum Gasteiger partial charge on any atom is 0.133 e. The first-order valence-corrected chi connectivity index (χ1v) is 6.58. The van der Waals surface area contributed by atoms with Crippen molar-refractivity contribution in [1.82, 2.24) is 5.43 Å². The van der Waals surface area contributed by atoms with E-state index in [2.05, 4.69) is 5.43 Å². The van der Waals surface area contributed by atoms with Gasteiger partial charge in [-0.1, -0.05) is 19.4 Å². The summed E-state index contributed by atoms with van der Waals surface area (Å²) in [4.78, 5) is 0. The Labute approximate surface area is 113 Å². The van der Waals surface area contributed by atoms with E-state index in [1.807, 2.05) is 13.8 Å². The minimum atomic E-state index is -0.695. The number of aryl methyl sites for hydroxylation is 1. The summed E-state index contributed by atoms with van der Waals surface area (Å²) < 4.78 is 33.6. The Hall–Kier alpha value is -1.04. The van der Waals surface area contributed by atoms with Crippen LogP contribution in [-0.2, 0) is 4.74 Å². The van der Waals surface area contributed by atoms with Crippen molar-refractivity contribution in [2.75, 3.05) is 6.61 Å². The molecule has 0 saturated carbocycles. The van der Waals surface area contributed by atoms with Gasteiger partial charge in [0, 0.05) is 12.2 Å². The zero-order chi connectivity index (χ0) is 14.4. The van der Waals surface area contributed by atoms with Gasteiger partial charge >= 0.3 is 0 Å². The maximum absolute atomic E-state index is 14.1. The summed E-state index contributed by atoms with van der Waals surface area (Å²) in [6, 6.07) is 1.98. The molecule has 108 valence electrons. The van der Waals surface area contributed by atoms with Crippen molar-refractivity contribution in [2.24, 2.45) is 5.84 Å². The Morgan fingerprint density at radius 1 is 1.32 bits per heavy atom. The third kappa shape index (κ3) is 3.72.